The number of hydrogen-bond acceptors (Lipinski definition) is 3. The Balaban J connectivity index is 2.77. The average molecular weight is 223 g/mol. The van der Waals surface area contributed by atoms with Crippen LogP contribution in [0.2, 0.25) is 0 Å². The largest absolute Gasteiger partial charge is 0.447 e. The smallest absolute Gasteiger partial charge is 0.414 e. The fraction of sp³-hybridized carbons (Fsp3) is 0.417. The molecule has 4 nitrogen and oxygen atoms in total. The van der Waals surface area contributed by atoms with Crippen molar-refractivity contribution in [3.05, 3.63) is 29.8 Å². The van der Waals surface area contributed by atoms with E-state index in [1.165, 1.54) is 4.90 Å². The summed E-state index contributed by atoms with van der Waals surface area (Å²) in [6, 6.07) is 7.64. The molecule has 0 aliphatic heterocycles. The zero-order valence-corrected chi connectivity index (χ0v) is 9.64. The van der Waals surface area contributed by atoms with Crippen molar-refractivity contribution in [3.63, 3.8) is 0 Å². The molecule has 0 aromatic heterocycles. The molecule has 1 amide bonds. The Hall–Kier alpha value is -1.55. The number of benzene rings is 1. The van der Waals surface area contributed by atoms with Crippen molar-refractivity contribution in [3.8, 4) is 0 Å². The maximum Gasteiger partial charge on any atom is 0.414 e. The molecule has 16 heavy (non-hydrogen) atoms. The van der Waals surface area contributed by atoms with Crippen molar-refractivity contribution < 1.29 is 14.6 Å². The lowest BCUT2D eigenvalue weighted by molar-refractivity contribution is 0.125. The topological polar surface area (TPSA) is 49.8 Å². The summed E-state index contributed by atoms with van der Waals surface area (Å²) >= 11 is 0. The third-order valence-electron chi connectivity index (χ3n) is 2.17. The Morgan fingerprint density at radius 3 is 2.81 bits per heavy atom. The zero-order valence-electron chi connectivity index (χ0n) is 9.64. The van der Waals surface area contributed by atoms with Crippen LogP contribution in [0, 0.1) is 6.92 Å². The summed E-state index contributed by atoms with van der Waals surface area (Å²) < 4.78 is 4.88. The van der Waals surface area contributed by atoms with Gasteiger partial charge in [-0.25, -0.2) is 4.79 Å². The highest BCUT2D eigenvalue weighted by Gasteiger charge is 2.14. The first-order chi connectivity index (χ1) is 7.69. The van der Waals surface area contributed by atoms with Crippen molar-refractivity contribution in [1.82, 2.24) is 0 Å². The molecular formula is C12H17NO3. The highest BCUT2D eigenvalue weighted by molar-refractivity contribution is 5.87. The van der Waals surface area contributed by atoms with E-state index in [0.29, 0.717) is 6.54 Å². The summed E-state index contributed by atoms with van der Waals surface area (Å²) in [5, 5.41) is 8.59. The van der Waals surface area contributed by atoms with Gasteiger partial charge in [0.05, 0.1) is 6.61 Å². The second-order valence-electron chi connectivity index (χ2n) is 3.42. The summed E-state index contributed by atoms with van der Waals surface area (Å²) in [6.07, 6.45) is -0.429. The summed E-state index contributed by atoms with van der Waals surface area (Å²) in [5.41, 5.74) is 1.90. The van der Waals surface area contributed by atoms with Crippen LogP contribution in [0.5, 0.6) is 0 Å². The molecule has 0 spiro atoms. The fourth-order valence-electron chi connectivity index (χ4n) is 1.42. The molecule has 1 rings (SSSR count). The molecule has 1 N–H and O–H groups in total. The van der Waals surface area contributed by atoms with Gasteiger partial charge in [-0.15, -0.1) is 0 Å². The van der Waals surface area contributed by atoms with Gasteiger partial charge in [0.15, 0.2) is 0 Å². The Bertz CT molecular complexity index is 352. The number of ether oxygens (including phenoxy) is 1. The number of amides is 1. The second-order valence-corrected chi connectivity index (χ2v) is 3.42. The van der Waals surface area contributed by atoms with E-state index in [9.17, 15) is 4.79 Å². The molecule has 0 atom stereocenters. The molecule has 0 unspecified atom stereocenters. The first-order valence-corrected chi connectivity index (χ1v) is 5.31. The van der Waals surface area contributed by atoms with Crippen LogP contribution < -0.4 is 4.90 Å². The quantitative estimate of drug-likeness (QED) is 0.848. The van der Waals surface area contributed by atoms with E-state index in [1.807, 2.05) is 38.1 Å². The minimum Gasteiger partial charge on any atom is -0.447 e. The number of aliphatic hydroxyl groups is 1. The maximum atomic E-state index is 11.6. The molecule has 0 aliphatic rings. The van der Waals surface area contributed by atoms with Gasteiger partial charge in [0.25, 0.3) is 0 Å². The van der Waals surface area contributed by atoms with Crippen LogP contribution in [0.4, 0.5) is 10.5 Å². The molecule has 0 saturated carbocycles. The lowest BCUT2D eigenvalue weighted by Crippen LogP contribution is -2.31. The van der Waals surface area contributed by atoms with Crippen molar-refractivity contribution in [2.24, 2.45) is 0 Å². The molecule has 0 saturated heterocycles. The van der Waals surface area contributed by atoms with Crippen LogP contribution >= 0.6 is 0 Å². The fourth-order valence-corrected chi connectivity index (χ4v) is 1.42. The number of aliphatic hydroxyl groups excluding tert-OH is 1. The van der Waals surface area contributed by atoms with Gasteiger partial charge >= 0.3 is 6.09 Å². The van der Waals surface area contributed by atoms with Crippen molar-refractivity contribution in [2.75, 3.05) is 24.7 Å². The molecule has 88 valence electrons. The molecule has 0 radical (unpaired) electrons. The first-order valence-electron chi connectivity index (χ1n) is 5.31. The lowest BCUT2D eigenvalue weighted by atomic mass is 10.2. The van der Waals surface area contributed by atoms with E-state index in [2.05, 4.69) is 0 Å². The van der Waals surface area contributed by atoms with E-state index >= 15 is 0 Å². The Kier molecular flexibility index (Phi) is 4.79. The van der Waals surface area contributed by atoms with Gasteiger partial charge in [0.1, 0.15) is 6.61 Å². The number of rotatable bonds is 4. The van der Waals surface area contributed by atoms with Crippen LogP contribution in [-0.4, -0.2) is 31.0 Å². The Labute approximate surface area is 95.5 Å². The molecule has 1 aromatic rings. The van der Waals surface area contributed by atoms with Gasteiger partial charge in [0.2, 0.25) is 0 Å². The van der Waals surface area contributed by atoms with Gasteiger partial charge in [-0.05, 0) is 31.5 Å². The third kappa shape index (κ3) is 3.24. The molecule has 4 heteroatoms. The summed E-state index contributed by atoms with van der Waals surface area (Å²) in [7, 11) is 0. The van der Waals surface area contributed by atoms with Crippen molar-refractivity contribution in [1.29, 1.82) is 0 Å². The number of carbonyl (C=O) groups excluding carboxylic acids is 1. The van der Waals surface area contributed by atoms with E-state index in [4.69, 9.17) is 9.84 Å². The van der Waals surface area contributed by atoms with Gasteiger partial charge in [-0.2, -0.15) is 0 Å². The van der Waals surface area contributed by atoms with Crippen LogP contribution in [0.3, 0.4) is 0 Å². The number of anilines is 1. The van der Waals surface area contributed by atoms with Crippen LogP contribution in [0.1, 0.15) is 12.5 Å². The van der Waals surface area contributed by atoms with Gasteiger partial charge in [-0.1, -0.05) is 12.1 Å². The van der Waals surface area contributed by atoms with E-state index in [-0.39, 0.29) is 13.2 Å². The van der Waals surface area contributed by atoms with Gasteiger partial charge < -0.3 is 9.84 Å². The lowest BCUT2D eigenvalue weighted by Gasteiger charge is -2.20. The maximum absolute atomic E-state index is 11.6. The Morgan fingerprint density at radius 2 is 2.25 bits per heavy atom. The summed E-state index contributed by atoms with van der Waals surface area (Å²) in [5.74, 6) is 0. The first kappa shape index (κ1) is 12.5. The predicted octanol–water partition coefficient (Wildman–Crippen LogP) is 1.95. The van der Waals surface area contributed by atoms with Crippen LogP contribution in [0.15, 0.2) is 24.3 Å². The molecule has 1 aromatic carbocycles. The molecule has 0 bridgehead atoms. The highest BCUT2D eigenvalue weighted by Crippen LogP contribution is 2.16. The van der Waals surface area contributed by atoms with E-state index < -0.39 is 6.09 Å². The Morgan fingerprint density at radius 1 is 1.50 bits per heavy atom. The third-order valence-corrected chi connectivity index (χ3v) is 2.17. The van der Waals surface area contributed by atoms with Crippen LogP contribution in [0.25, 0.3) is 0 Å². The minimum atomic E-state index is -0.429. The second kappa shape index (κ2) is 6.12. The summed E-state index contributed by atoms with van der Waals surface area (Å²) in [4.78, 5) is 13.2. The van der Waals surface area contributed by atoms with Crippen molar-refractivity contribution >= 4 is 11.8 Å². The van der Waals surface area contributed by atoms with Crippen LogP contribution in [-0.2, 0) is 4.74 Å². The minimum absolute atomic E-state index is 0.0289. The van der Waals surface area contributed by atoms with E-state index in [0.717, 1.165) is 11.3 Å². The van der Waals surface area contributed by atoms with E-state index in [1.54, 1.807) is 0 Å². The zero-order chi connectivity index (χ0) is 12.0. The van der Waals surface area contributed by atoms with Gasteiger partial charge in [-0.3, -0.25) is 4.90 Å². The molecule has 0 heterocycles. The molecule has 0 aliphatic carbocycles. The van der Waals surface area contributed by atoms with Crippen molar-refractivity contribution in [2.45, 2.75) is 13.8 Å². The number of nitrogens with zero attached hydrogens (tertiary/aromatic N) is 1. The monoisotopic (exact) mass is 223 g/mol. The standard InChI is InChI=1S/C12H17NO3/c1-3-13(12(15)16-8-7-14)11-6-4-5-10(2)9-11/h4-6,9,14H,3,7-8H2,1-2H3. The average Bonchev–Trinajstić information content (AvgIpc) is 2.27. The SMILES string of the molecule is CCN(C(=O)OCCO)c1cccc(C)c1. The number of aryl methyl sites for hydroxylation is 1. The summed E-state index contributed by atoms with van der Waals surface area (Å²) in [6.45, 7) is 4.25. The number of hydrogen-bond donors (Lipinski definition) is 1. The van der Waals surface area contributed by atoms with Gasteiger partial charge in [0, 0.05) is 12.2 Å². The molecular weight excluding hydrogens is 206 g/mol. The molecule has 0 fully saturated rings. The number of carbonyl (C=O) groups is 1. The predicted molar refractivity (Wildman–Crippen MR) is 62.6 cm³/mol. The normalized spacial score (nSPS) is 9.94. The highest BCUT2D eigenvalue weighted by atomic mass is 16.6.